The Balaban J connectivity index is 1.99. The number of amides is 1. The number of hydrogen-bond acceptors (Lipinski definition) is 8. The van der Waals surface area contributed by atoms with Crippen molar-refractivity contribution in [3.8, 4) is 0 Å². The van der Waals surface area contributed by atoms with E-state index in [-0.39, 0.29) is 37.0 Å². The van der Waals surface area contributed by atoms with Gasteiger partial charge in [0, 0.05) is 0 Å². The molecule has 0 aliphatic carbocycles. The van der Waals surface area contributed by atoms with Gasteiger partial charge in [0.25, 0.3) is 21.8 Å². The van der Waals surface area contributed by atoms with Crippen LogP contribution in [0.1, 0.15) is 39.8 Å². The number of aryl methyl sites for hydroxylation is 3. The standard InChI is InChI=1S/C20H22ClN3O6S3/c1-5-8-32(26,27)15-10-11(2)9-12(3)17(15)22-19(25)18-14(6-7-31-18)33(28,29)24-20-16(21)13(4)23-30-20/h6-7,9-10,24H,5,8H2,1-4H3,(H,22,25). The van der Waals surface area contributed by atoms with Crippen LogP contribution in [0.5, 0.6) is 0 Å². The molecule has 0 fully saturated rings. The summed E-state index contributed by atoms with van der Waals surface area (Å²) in [5, 5.41) is 7.63. The smallest absolute Gasteiger partial charge is 0.267 e. The molecule has 9 nitrogen and oxygen atoms in total. The summed E-state index contributed by atoms with van der Waals surface area (Å²) in [7, 11) is -7.91. The molecule has 2 aromatic heterocycles. The zero-order valence-corrected chi connectivity index (χ0v) is 21.4. The first-order valence-corrected chi connectivity index (χ1v) is 14.1. The fourth-order valence-corrected chi connectivity index (χ4v) is 7.29. The van der Waals surface area contributed by atoms with Gasteiger partial charge in [-0.05, 0) is 55.8 Å². The molecule has 0 saturated heterocycles. The number of nitrogens with zero attached hydrogens (tertiary/aromatic N) is 1. The van der Waals surface area contributed by atoms with Gasteiger partial charge in [0.1, 0.15) is 20.5 Å². The predicted octanol–water partition coefficient (Wildman–Crippen LogP) is 4.55. The molecule has 0 bridgehead atoms. The van der Waals surface area contributed by atoms with Crippen molar-refractivity contribution in [1.29, 1.82) is 0 Å². The zero-order valence-electron chi connectivity index (χ0n) is 18.2. The van der Waals surface area contributed by atoms with Crippen molar-refractivity contribution in [2.45, 2.75) is 43.9 Å². The lowest BCUT2D eigenvalue weighted by Gasteiger charge is -2.15. The maximum absolute atomic E-state index is 13.1. The monoisotopic (exact) mass is 531 g/mol. The Bertz CT molecular complexity index is 1430. The highest BCUT2D eigenvalue weighted by Gasteiger charge is 2.28. The van der Waals surface area contributed by atoms with Gasteiger partial charge < -0.3 is 9.84 Å². The number of hydrogen-bond donors (Lipinski definition) is 2. The minimum absolute atomic E-state index is 0.000795. The van der Waals surface area contributed by atoms with Gasteiger partial charge in [-0.25, -0.2) is 21.6 Å². The van der Waals surface area contributed by atoms with E-state index in [9.17, 15) is 21.6 Å². The topological polar surface area (TPSA) is 135 Å². The van der Waals surface area contributed by atoms with E-state index >= 15 is 0 Å². The van der Waals surface area contributed by atoms with E-state index in [0.29, 0.717) is 17.7 Å². The number of rotatable bonds is 8. The fourth-order valence-electron chi connectivity index (χ4n) is 3.16. The Morgan fingerprint density at radius 1 is 1.15 bits per heavy atom. The van der Waals surface area contributed by atoms with Crippen molar-refractivity contribution >= 4 is 60.3 Å². The molecule has 0 aliphatic rings. The highest BCUT2D eigenvalue weighted by molar-refractivity contribution is 7.93. The summed E-state index contributed by atoms with van der Waals surface area (Å²) >= 11 is 6.88. The van der Waals surface area contributed by atoms with Gasteiger partial charge in [-0.1, -0.05) is 29.7 Å². The van der Waals surface area contributed by atoms with Crippen molar-refractivity contribution < 1.29 is 26.2 Å². The number of anilines is 2. The third-order valence-electron chi connectivity index (χ3n) is 4.63. The molecule has 2 heterocycles. The average Bonchev–Trinajstić information content (AvgIpc) is 3.33. The van der Waals surface area contributed by atoms with Gasteiger partial charge in [-0.3, -0.25) is 4.79 Å². The van der Waals surface area contributed by atoms with Crippen LogP contribution in [0.4, 0.5) is 11.6 Å². The number of benzene rings is 1. The molecule has 3 rings (SSSR count). The average molecular weight is 532 g/mol. The summed E-state index contributed by atoms with van der Waals surface area (Å²) in [5.41, 5.74) is 1.69. The first-order valence-electron chi connectivity index (χ1n) is 9.74. The van der Waals surface area contributed by atoms with E-state index in [0.717, 1.165) is 16.9 Å². The molecule has 33 heavy (non-hydrogen) atoms. The molecule has 0 radical (unpaired) electrons. The van der Waals surface area contributed by atoms with Crippen molar-refractivity contribution in [2.24, 2.45) is 0 Å². The lowest BCUT2D eigenvalue weighted by Crippen LogP contribution is -2.20. The number of sulfone groups is 1. The Labute approximate surface area is 201 Å². The number of nitrogens with one attached hydrogen (secondary N) is 2. The molecular weight excluding hydrogens is 510 g/mol. The predicted molar refractivity (Wildman–Crippen MR) is 128 cm³/mol. The fraction of sp³-hybridized carbons (Fsp3) is 0.300. The molecule has 178 valence electrons. The number of carbonyl (C=O) groups excluding carboxylic acids is 1. The third kappa shape index (κ3) is 5.24. The SMILES string of the molecule is CCCS(=O)(=O)c1cc(C)cc(C)c1NC(=O)c1sccc1S(=O)(=O)Nc1onc(C)c1Cl. The second kappa shape index (κ2) is 9.45. The minimum Gasteiger partial charge on any atom is -0.336 e. The summed E-state index contributed by atoms with van der Waals surface area (Å²) in [6.07, 6.45) is 0.408. The van der Waals surface area contributed by atoms with Crippen molar-refractivity contribution in [3.05, 3.63) is 50.3 Å². The Morgan fingerprint density at radius 2 is 1.85 bits per heavy atom. The van der Waals surface area contributed by atoms with Crippen molar-refractivity contribution in [1.82, 2.24) is 5.16 Å². The maximum atomic E-state index is 13.1. The van der Waals surface area contributed by atoms with Gasteiger partial charge in [-0.2, -0.15) is 0 Å². The van der Waals surface area contributed by atoms with Gasteiger partial charge in [0.05, 0.1) is 16.3 Å². The normalized spacial score (nSPS) is 12.0. The largest absolute Gasteiger partial charge is 0.336 e. The van der Waals surface area contributed by atoms with Crippen molar-refractivity contribution in [2.75, 3.05) is 15.8 Å². The van der Waals surface area contributed by atoms with Crippen LogP contribution in [0.3, 0.4) is 0 Å². The maximum Gasteiger partial charge on any atom is 0.267 e. The Morgan fingerprint density at radius 3 is 2.45 bits per heavy atom. The number of thiophene rings is 1. The lowest BCUT2D eigenvalue weighted by atomic mass is 10.1. The van der Waals surface area contributed by atoms with Crippen LogP contribution in [0, 0.1) is 20.8 Å². The molecular formula is C20H22ClN3O6S3. The molecule has 0 atom stereocenters. The highest BCUT2D eigenvalue weighted by Crippen LogP contribution is 2.32. The van der Waals surface area contributed by atoms with Crippen LogP contribution in [-0.4, -0.2) is 33.7 Å². The van der Waals surface area contributed by atoms with Crippen LogP contribution >= 0.6 is 22.9 Å². The van der Waals surface area contributed by atoms with Gasteiger partial charge in [0.15, 0.2) is 9.84 Å². The number of sulfonamides is 1. The summed E-state index contributed by atoms with van der Waals surface area (Å²) in [6.45, 7) is 6.72. The van der Waals surface area contributed by atoms with Crippen LogP contribution in [0.25, 0.3) is 0 Å². The molecule has 3 aromatic rings. The quantitative estimate of drug-likeness (QED) is 0.435. The molecule has 0 spiro atoms. The van der Waals surface area contributed by atoms with E-state index in [1.807, 2.05) is 0 Å². The second-order valence-electron chi connectivity index (χ2n) is 7.36. The minimum atomic E-state index is -4.25. The van der Waals surface area contributed by atoms with E-state index in [4.69, 9.17) is 16.1 Å². The third-order valence-corrected chi connectivity index (χ3v) is 9.43. The first-order chi connectivity index (χ1) is 15.4. The van der Waals surface area contributed by atoms with Gasteiger partial charge >= 0.3 is 0 Å². The van der Waals surface area contributed by atoms with Crippen LogP contribution < -0.4 is 10.0 Å². The van der Waals surface area contributed by atoms with Crippen molar-refractivity contribution in [3.63, 3.8) is 0 Å². The van der Waals surface area contributed by atoms with Crippen LogP contribution in [0.2, 0.25) is 5.02 Å². The molecule has 1 aromatic carbocycles. The molecule has 1 amide bonds. The second-order valence-corrected chi connectivity index (χ2v) is 12.4. The Hall–Kier alpha value is -2.41. The molecule has 13 heteroatoms. The van der Waals surface area contributed by atoms with E-state index in [2.05, 4.69) is 15.2 Å². The number of halogens is 1. The summed E-state index contributed by atoms with van der Waals surface area (Å²) in [5.74, 6) is -1.11. The Kier molecular flexibility index (Phi) is 7.22. The van der Waals surface area contributed by atoms with E-state index < -0.39 is 25.8 Å². The number of carbonyl (C=O) groups is 1. The van der Waals surface area contributed by atoms with Gasteiger partial charge in [0.2, 0.25) is 0 Å². The molecule has 0 aliphatic heterocycles. The van der Waals surface area contributed by atoms with E-state index in [1.165, 1.54) is 17.5 Å². The zero-order chi connectivity index (χ0) is 24.6. The summed E-state index contributed by atoms with van der Waals surface area (Å²) in [4.78, 5) is 12.7. The van der Waals surface area contributed by atoms with Crippen LogP contribution in [0.15, 0.2) is 37.9 Å². The molecule has 0 saturated carbocycles. The molecule has 2 N–H and O–H groups in total. The highest BCUT2D eigenvalue weighted by atomic mass is 35.5. The van der Waals surface area contributed by atoms with Crippen LogP contribution in [-0.2, 0) is 19.9 Å². The lowest BCUT2D eigenvalue weighted by molar-refractivity contribution is 0.102. The van der Waals surface area contributed by atoms with E-state index in [1.54, 1.807) is 33.8 Å². The number of aromatic nitrogens is 1. The molecule has 0 unspecified atom stereocenters. The van der Waals surface area contributed by atoms with Gasteiger partial charge in [-0.15, -0.1) is 11.3 Å². The first kappa shape index (κ1) is 25.2. The summed E-state index contributed by atoms with van der Waals surface area (Å²) in [6, 6.07) is 4.49. The summed E-state index contributed by atoms with van der Waals surface area (Å²) < 4.78 is 58.5.